The number of nitrogens with one attached hydrogen (secondary N) is 3. The summed E-state index contributed by atoms with van der Waals surface area (Å²) in [6, 6.07) is 6.70. The molecule has 7 heteroatoms. The van der Waals surface area contributed by atoms with Crippen LogP contribution in [0.4, 0.5) is 0 Å². The van der Waals surface area contributed by atoms with E-state index in [9.17, 15) is 9.59 Å². The second kappa shape index (κ2) is 7.85. The van der Waals surface area contributed by atoms with E-state index in [-0.39, 0.29) is 12.5 Å². The number of carbonyl (C=O) groups is 2. The van der Waals surface area contributed by atoms with Gasteiger partial charge in [-0.05, 0) is 24.3 Å². The Balaban J connectivity index is 1.62. The Bertz CT molecular complexity index is 487. The summed E-state index contributed by atoms with van der Waals surface area (Å²) >= 11 is 5.74. The number of likely N-dealkylation sites (tertiary alicyclic amines) is 1. The van der Waals surface area contributed by atoms with Crippen molar-refractivity contribution in [1.82, 2.24) is 10.9 Å². The Morgan fingerprint density at radius 2 is 1.71 bits per heavy atom. The van der Waals surface area contributed by atoms with Gasteiger partial charge in [-0.3, -0.25) is 20.4 Å². The van der Waals surface area contributed by atoms with Crippen LogP contribution in [0.3, 0.4) is 0 Å². The van der Waals surface area contributed by atoms with E-state index in [4.69, 9.17) is 16.3 Å². The van der Waals surface area contributed by atoms with Gasteiger partial charge >= 0.3 is 0 Å². The number of benzene rings is 1. The van der Waals surface area contributed by atoms with Crippen LogP contribution in [0.5, 0.6) is 5.75 Å². The normalized spacial score (nSPS) is 14.7. The van der Waals surface area contributed by atoms with Crippen molar-refractivity contribution in [1.29, 1.82) is 0 Å². The third kappa shape index (κ3) is 5.61. The summed E-state index contributed by atoms with van der Waals surface area (Å²) in [5, 5.41) is 0.600. The molecule has 0 unspecified atom stereocenters. The first-order chi connectivity index (χ1) is 10.1. The first-order valence-electron chi connectivity index (χ1n) is 6.93. The summed E-state index contributed by atoms with van der Waals surface area (Å²) in [5.74, 6) is -0.0520. The number of hydrazine groups is 1. The maximum absolute atomic E-state index is 11.6. The molecule has 2 rings (SSSR count). The minimum atomic E-state index is -0.408. The molecule has 3 N–H and O–H groups in total. The number of rotatable bonds is 5. The van der Waals surface area contributed by atoms with E-state index < -0.39 is 5.91 Å². The molecule has 2 amide bonds. The molecule has 0 radical (unpaired) electrons. The molecule has 1 aromatic carbocycles. The van der Waals surface area contributed by atoms with Gasteiger partial charge in [-0.2, -0.15) is 0 Å². The van der Waals surface area contributed by atoms with E-state index in [2.05, 4.69) is 10.9 Å². The van der Waals surface area contributed by atoms with Gasteiger partial charge in [0.15, 0.2) is 13.2 Å². The van der Waals surface area contributed by atoms with Crippen molar-refractivity contribution < 1.29 is 19.2 Å². The zero-order valence-electron chi connectivity index (χ0n) is 11.7. The lowest BCUT2D eigenvalue weighted by Gasteiger charge is -2.12. The molecule has 0 aliphatic carbocycles. The SMILES string of the molecule is O=C(COc1ccc(Cl)cc1)NNC(=O)C[NH+]1CCCC1. The Labute approximate surface area is 128 Å². The zero-order valence-corrected chi connectivity index (χ0v) is 12.4. The van der Waals surface area contributed by atoms with Crippen molar-refractivity contribution in [3.8, 4) is 5.75 Å². The Morgan fingerprint density at radius 3 is 2.38 bits per heavy atom. The van der Waals surface area contributed by atoms with Gasteiger partial charge in [-0.15, -0.1) is 0 Å². The van der Waals surface area contributed by atoms with Gasteiger partial charge < -0.3 is 9.64 Å². The Morgan fingerprint density at radius 1 is 1.10 bits per heavy atom. The van der Waals surface area contributed by atoms with Gasteiger partial charge in [0, 0.05) is 17.9 Å². The van der Waals surface area contributed by atoms with E-state index in [1.807, 2.05) is 0 Å². The summed E-state index contributed by atoms with van der Waals surface area (Å²) < 4.78 is 5.26. The molecule has 114 valence electrons. The molecule has 1 heterocycles. The largest absolute Gasteiger partial charge is 0.484 e. The van der Waals surface area contributed by atoms with Gasteiger partial charge in [0.2, 0.25) is 0 Å². The molecule has 0 aromatic heterocycles. The molecule has 0 atom stereocenters. The maximum Gasteiger partial charge on any atom is 0.293 e. The predicted molar refractivity (Wildman–Crippen MR) is 78.0 cm³/mol. The highest BCUT2D eigenvalue weighted by Crippen LogP contribution is 2.15. The number of hydrogen-bond acceptors (Lipinski definition) is 3. The van der Waals surface area contributed by atoms with E-state index >= 15 is 0 Å². The highest BCUT2D eigenvalue weighted by atomic mass is 35.5. The lowest BCUT2D eigenvalue weighted by atomic mass is 10.3. The van der Waals surface area contributed by atoms with Crippen LogP contribution in [-0.4, -0.2) is 38.1 Å². The van der Waals surface area contributed by atoms with Crippen molar-refractivity contribution in [2.75, 3.05) is 26.2 Å². The Hall–Kier alpha value is -1.79. The van der Waals surface area contributed by atoms with Gasteiger partial charge in [-0.25, -0.2) is 0 Å². The van der Waals surface area contributed by atoms with Gasteiger partial charge in [-0.1, -0.05) is 11.6 Å². The highest BCUT2D eigenvalue weighted by molar-refractivity contribution is 6.30. The van der Waals surface area contributed by atoms with E-state index in [1.165, 1.54) is 4.90 Å². The third-order valence-corrected chi connectivity index (χ3v) is 3.50. The standard InChI is InChI=1S/C14H18ClN3O3/c15-11-3-5-12(6-4-11)21-10-14(20)17-16-13(19)9-18-7-1-2-8-18/h3-6H,1-2,7-10H2,(H,16,19)(H,17,20)/p+1. The number of halogens is 1. The lowest BCUT2D eigenvalue weighted by Crippen LogP contribution is -3.11. The van der Waals surface area contributed by atoms with E-state index in [0.717, 1.165) is 25.9 Å². The molecular formula is C14H19ClN3O3+. The molecule has 21 heavy (non-hydrogen) atoms. The highest BCUT2D eigenvalue weighted by Gasteiger charge is 2.18. The molecule has 1 aliphatic heterocycles. The molecule has 1 aliphatic rings. The molecule has 0 spiro atoms. The van der Waals surface area contributed by atoms with Crippen LogP contribution in [-0.2, 0) is 9.59 Å². The Kier molecular flexibility index (Phi) is 5.83. The van der Waals surface area contributed by atoms with Gasteiger partial charge in [0.05, 0.1) is 13.1 Å². The van der Waals surface area contributed by atoms with Crippen LogP contribution in [0, 0.1) is 0 Å². The van der Waals surface area contributed by atoms with Crippen LogP contribution < -0.4 is 20.5 Å². The number of carbonyl (C=O) groups excluding carboxylic acids is 2. The third-order valence-electron chi connectivity index (χ3n) is 3.25. The summed E-state index contributed by atoms with van der Waals surface area (Å²) in [5.41, 5.74) is 4.73. The fourth-order valence-corrected chi connectivity index (χ4v) is 2.30. The van der Waals surface area contributed by atoms with E-state index in [0.29, 0.717) is 17.3 Å². The topological polar surface area (TPSA) is 71.9 Å². The number of amides is 2. The van der Waals surface area contributed by atoms with Crippen molar-refractivity contribution in [3.05, 3.63) is 29.3 Å². The van der Waals surface area contributed by atoms with Crippen LogP contribution in [0.1, 0.15) is 12.8 Å². The second-order valence-corrected chi connectivity index (χ2v) is 5.41. The molecule has 6 nitrogen and oxygen atoms in total. The molecule has 1 fully saturated rings. The van der Waals surface area contributed by atoms with Crippen molar-refractivity contribution >= 4 is 23.4 Å². The van der Waals surface area contributed by atoms with E-state index in [1.54, 1.807) is 24.3 Å². The maximum atomic E-state index is 11.6. The lowest BCUT2D eigenvalue weighted by molar-refractivity contribution is -0.879. The molecule has 1 aromatic rings. The van der Waals surface area contributed by atoms with Crippen molar-refractivity contribution in [2.24, 2.45) is 0 Å². The average molecular weight is 313 g/mol. The van der Waals surface area contributed by atoms with Crippen LogP contribution in [0.2, 0.25) is 5.02 Å². The number of hydrogen-bond donors (Lipinski definition) is 3. The molecule has 1 saturated heterocycles. The number of quaternary nitrogens is 1. The predicted octanol–water partition coefficient (Wildman–Crippen LogP) is -0.455. The summed E-state index contributed by atoms with van der Waals surface area (Å²) in [6.45, 7) is 2.25. The number of ether oxygens (including phenoxy) is 1. The minimum absolute atomic E-state index is 0.168. The average Bonchev–Trinajstić information content (AvgIpc) is 2.97. The molecule has 0 bridgehead atoms. The monoisotopic (exact) mass is 312 g/mol. The molecular weight excluding hydrogens is 294 g/mol. The first kappa shape index (κ1) is 15.6. The zero-order chi connectivity index (χ0) is 15.1. The fourth-order valence-electron chi connectivity index (χ4n) is 2.18. The quantitative estimate of drug-likeness (QED) is 0.645. The van der Waals surface area contributed by atoms with Gasteiger partial charge in [0.25, 0.3) is 11.8 Å². The first-order valence-corrected chi connectivity index (χ1v) is 7.31. The smallest absolute Gasteiger partial charge is 0.293 e. The fraction of sp³-hybridized carbons (Fsp3) is 0.429. The van der Waals surface area contributed by atoms with Gasteiger partial charge in [0.1, 0.15) is 5.75 Å². The summed E-state index contributed by atoms with van der Waals surface area (Å²) in [6.07, 6.45) is 2.31. The summed E-state index contributed by atoms with van der Waals surface area (Å²) in [4.78, 5) is 24.4. The van der Waals surface area contributed by atoms with Crippen molar-refractivity contribution in [2.45, 2.75) is 12.8 Å². The van der Waals surface area contributed by atoms with Crippen molar-refractivity contribution in [3.63, 3.8) is 0 Å². The second-order valence-electron chi connectivity index (χ2n) is 4.97. The van der Waals surface area contributed by atoms with Crippen LogP contribution in [0.25, 0.3) is 0 Å². The van der Waals surface area contributed by atoms with Crippen LogP contribution in [0.15, 0.2) is 24.3 Å². The summed E-state index contributed by atoms with van der Waals surface area (Å²) in [7, 11) is 0. The minimum Gasteiger partial charge on any atom is -0.484 e. The van der Waals surface area contributed by atoms with Crippen LogP contribution >= 0.6 is 11.6 Å². The molecule has 0 saturated carbocycles.